The van der Waals surface area contributed by atoms with Crippen LogP contribution in [0.1, 0.15) is 35.7 Å². The van der Waals surface area contributed by atoms with Crippen LogP contribution in [0.5, 0.6) is 0 Å². The first-order valence-corrected chi connectivity index (χ1v) is 11.4. The number of carbonyl (C=O) groups excluding carboxylic acids is 1. The number of likely N-dealkylation sites (N-methyl/N-ethyl adjacent to an activating group) is 1. The quantitative estimate of drug-likeness (QED) is 0.772. The molecule has 0 saturated carbocycles. The molecule has 0 bridgehead atoms. The number of benzene rings is 2. The number of thioether (sulfide) groups is 1. The van der Waals surface area contributed by atoms with Gasteiger partial charge < -0.3 is 10.2 Å². The molecule has 1 N–H and O–H groups in total. The molecule has 6 heteroatoms. The van der Waals surface area contributed by atoms with Gasteiger partial charge >= 0.3 is 0 Å². The fourth-order valence-corrected chi connectivity index (χ4v) is 5.28. The predicted molar refractivity (Wildman–Crippen MR) is 117 cm³/mol. The summed E-state index contributed by atoms with van der Waals surface area (Å²) >= 11 is 1.82. The lowest BCUT2D eigenvalue weighted by Gasteiger charge is -2.31. The fourth-order valence-electron chi connectivity index (χ4n) is 4.24. The molecule has 1 amide bonds. The van der Waals surface area contributed by atoms with E-state index in [0.717, 1.165) is 43.1 Å². The molecule has 0 aromatic heterocycles. The molecule has 1 atom stereocenters. The van der Waals surface area contributed by atoms with E-state index in [1.54, 1.807) is 0 Å². The van der Waals surface area contributed by atoms with Crippen LogP contribution in [0.25, 0.3) is 0 Å². The predicted octanol–water partition coefficient (Wildman–Crippen LogP) is 4.15. The Kier molecular flexibility index (Phi) is 6.40. The topological polar surface area (TPSA) is 35.6 Å². The Morgan fingerprint density at radius 3 is 2.83 bits per heavy atom. The van der Waals surface area contributed by atoms with Crippen molar-refractivity contribution < 1.29 is 9.18 Å². The summed E-state index contributed by atoms with van der Waals surface area (Å²) in [4.78, 5) is 18.7. The molecule has 2 aromatic carbocycles. The number of amides is 1. The largest absolute Gasteiger partial charge is 0.365 e. The molecule has 2 heterocycles. The molecule has 4 rings (SSSR count). The maximum Gasteiger partial charge on any atom is 0.251 e. The van der Waals surface area contributed by atoms with Crippen molar-refractivity contribution in [1.29, 1.82) is 0 Å². The van der Waals surface area contributed by atoms with Crippen molar-refractivity contribution in [3.8, 4) is 0 Å². The minimum atomic E-state index is -0.216. The Balaban J connectivity index is 1.45. The van der Waals surface area contributed by atoms with Crippen molar-refractivity contribution in [3.05, 3.63) is 59.4 Å². The van der Waals surface area contributed by atoms with Gasteiger partial charge in [0.05, 0.1) is 5.69 Å². The molecule has 29 heavy (non-hydrogen) atoms. The van der Waals surface area contributed by atoms with Gasteiger partial charge in [0.25, 0.3) is 5.91 Å². The molecule has 2 aromatic rings. The summed E-state index contributed by atoms with van der Waals surface area (Å²) < 4.78 is 13.2. The normalized spacial score (nSPS) is 19.2. The number of rotatable bonds is 6. The molecule has 1 saturated heterocycles. The molecular formula is C23H28FN3OS. The molecule has 154 valence electrons. The fraction of sp³-hybridized carbons (Fsp3) is 0.435. The van der Waals surface area contributed by atoms with Crippen molar-refractivity contribution in [2.75, 3.05) is 36.8 Å². The number of halogens is 1. The molecular weight excluding hydrogens is 385 g/mol. The van der Waals surface area contributed by atoms with Crippen molar-refractivity contribution in [2.24, 2.45) is 0 Å². The lowest BCUT2D eigenvalue weighted by Crippen LogP contribution is -2.40. The van der Waals surface area contributed by atoms with Crippen molar-refractivity contribution >= 4 is 23.4 Å². The van der Waals surface area contributed by atoms with E-state index in [1.807, 2.05) is 36.0 Å². The number of nitrogens with one attached hydrogen (secondary N) is 1. The summed E-state index contributed by atoms with van der Waals surface area (Å²) in [6.07, 6.45) is 2.36. The number of carbonyl (C=O) groups is 1. The van der Waals surface area contributed by atoms with Gasteiger partial charge in [-0.3, -0.25) is 9.69 Å². The van der Waals surface area contributed by atoms with Crippen molar-refractivity contribution in [2.45, 2.75) is 37.2 Å². The Hall–Kier alpha value is -2.05. The third-order valence-electron chi connectivity index (χ3n) is 5.87. The van der Waals surface area contributed by atoms with E-state index < -0.39 is 0 Å². The van der Waals surface area contributed by atoms with Gasteiger partial charge in [-0.2, -0.15) is 0 Å². The van der Waals surface area contributed by atoms with Gasteiger partial charge in [0, 0.05) is 41.9 Å². The zero-order valence-corrected chi connectivity index (χ0v) is 17.7. The van der Waals surface area contributed by atoms with Crippen LogP contribution in [-0.2, 0) is 6.54 Å². The molecule has 1 unspecified atom stereocenters. The monoisotopic (exact) mass is 413 g/mol. The Labute approximate surface area is 176 Å². The van der Waals surface area contributed by atoms with Gasteiger partial charge in [0.2, 0.25) is 0 Å². The van der Waals surface area contributed by atoms with Crippen molar-refractivity contribution in [1.82, 2.24) is 10.2 Å². The van der Waals surface area contributed by atoms with Crippen LogP contribution in [0.4, 0.5) is 10.1 Å². The number of nitrogens with zero attached hydrogens (tertiary/aromatic N) is 2. The van der Waals surface area contributed by atoms with Crippen LogP contribution in [0, 0.1) is 5.82 Å². The van der Waals surface area contributed by atoms with Gasteiger partial charge in [-0.15, -0.1) is 11.8 Å². The molecule has 0 aliphatic carbocycles. The lowest BCUT2D eigenvalue weighted by molar-refractivity contribution is 0.0941. The van der Waals surface area contributed by atoms with E-state index in [0.29, 0.717) is 24.7 Å². The van der Waals surface area contributed by atoms with Crippen LogP contribution in [0.3, 0.4) is 0 Å². The number of fused-ring (bicyclic) bond motifs is 1. The molecule has 1 fully saturated rings. The van der Waals surface area contributed by atoms with Crippen LogP contribution < -0.4 is 10.2 Å². The molecule has 4 nitrogen and oxygen atoms in total. The smallest absolute Gasteiger partial charge is 0.251 e. The van der Waals surface area contributed by atoms with Crippen molar-refractivity contribution in [3.63, 3.8) is 0 Å². The first-order valence-electron chi connectivity index (χ1n) is 10.4. The van der Waals surface area contributed by atoms with E-state index in [4.69, 9.17) is 0 Å². The first-order chi connectivity index (χ1) is 14.1. The summed E-state index contributed by atoms with van der Waals surface area (Å²) in [5, 5.41) is 3.14. The second kappa shape index (κ2) is 9.18. The van der Waals surface area contributed by atoms with Crippen LogP contribution >= 0.6 is 11.8 Å². The highest BCUT2D eigenvalue weighted by Crippen LogP contribution is 2.36. The Morgan fingerprint density at radius 2 is 2.03 bits per heavy atom. The summed E-state index contributed by atoms with van der Waals surface area (Å²) in [7, 11) is 0. The minimum Gasteiger partial charge on any atom is -0.365 e. The highest BCUT2D eigenvalue weighted by molar-refractivity contribution is 7.99. The minimum absolute atomic E-state index is 0.00643. The molecule has 2 aliphatic rings. The van der Waals surface area contributed by atoms with Crippen LogP contribution in [0.15, 0.2) is 47.4 Å². The third-order valence-corrected chi connectivity index (χ3v) is 6.91. The maximum absolute atomic E-state index is 13.2. The summed E-state index contributed by atoms with van der Waals surface area (Å²) in [6.45, 7) is 6.68. The molecule has 0 spiro atoms. The van der Waals surface area contributed by atoms with Gasteiger partial charge in [-0.25, -0.2) is 4.39 Å². The number of hydrogen-bond donors (Lipinski definition) is 1. The zero-order chi connectivity index (χ0) is 20.2. The summed E-state index contributed by atoms with van der Waals surface area (Å²) in [5.74, 6) is 0.785. The average Bonchev–Trinajstić information content (AvgIpc) is 3.21. The zero-order valence-electron chi connectivity index (χ0n) is 16.9. The second-order valence-corrected chi connectivity index (χ2v) is 8.85. The number of hydrogen-bond acceptors (Lipinski definition) is 4. The van der Waals surface area contributed by atoms with Gasteiger partial charge in [0.15, 0.2) is 0 Å². The summed E-state index contributed by atoms with van der Waals surface area (Å²) in [6, 6.07) is 13.1. The lowest BCUT2D eigenvalue weighted by atomic mass is 10.1. The van der Waals surface area contributed by atoms with E-state index in [9.17, 15) is 9.18 Å². The molecule has 0 radical (unpaired) electrons. The number of likely N-dealkylation sites (tertiary alicyclic amines) is 1. The van der Waals surface area contributed by atoms with E-state index >= 15 is 0 Å². The second-order valence-electron chi connectivity index (χ2n) is 7.71. The van der Waals surface area contributed by atoms with E-state index in [-0.39, 0.29) is 11.7 Å². The Morgan fingerprint density at radius 1 is 1.21 bits per heavy atom. The Bertz CT molecular complexity index is 858. The van der Waals surface area contributed by atoms with Crippen LogP contribution in [0.2, 0.25) is 0 Å². The van der Waals surface area contributed by atoms with Gasteiger partial charge in [0.1, 0.15) is 5.82 Å². The van der Waals surface area contributed by atoms with E-state index in [2.05, 4.69) is 28.1 Å². The van der Waals surface area contributed by atoms with Gasteiger partial charge in [-0.05, 0) is 61.8 Å². The third kappa shape index (κ3) is 4.75. The SMILES string of the molecule is CCN1CCCC1CNC(=O)c1ccc2c(c1)N(Cc1ccc(F)cc1)CCS2. The number of anilines is 1. The molecule has 2 aliphatic heterocycles. The van der Waals surface area contributed by atoms with Gasteiger partial charge in [-0.1, -0.05) is 19.1 Å². The van der Waals surface area contributed by atoms with Crippen LogP contribution in [-0.4, -0.2) is 48.8 Å². The van der Waals surface area contributed by atoms with E-state index in [1.165, 1.54) is 23.4 Å². The standard InChI is InChI=1S/C23H28FN3OS/c1-2-26-11-3-4-20(26)15-25-23(28)18-7-10-22-21(14-18)27(12-13-29-22)16-17-5-8-19(24)9-6-17/h5-10,14,20H,2-4,11-13,15-16H2,1H3,(H,25,28). The average molecular weight is 414 g/mol. The highest BCUT2D eigenvalue weighted by Gasteiger charge is 2.24. The maximum atomic E-state index is 13.2. The summed E-state index contributed by atoms with van der Waals surface area (Å²) in [5.41, 5.74) is 2.87. The highest BCUT2D eigenvalue weighted by atomic mass is 32.2. The first kappa shape index (κ1) is 20.2.